The van der Waals surface area contributed by atoms with Crippen LogP contribution in [0, 0.1) is 0 Å². The largest absolute Gasteiger partial charge is 0.490 e. The molecule has 0 unspecified atom stereocenters. The monoisotopic (exact) mass is 295 g/mol. The van der Waals surface area contributed by atoms with E-state index in [4.69, 9.17) is 9.47 Å². The van der Waals surface area contributed by atoms with E-state index in [1.165, 1.54) is 4.90 Å². The van der Waals surface area contributed by atoms with Crippen molar-refractivity contribution in [3.63, 3.8) is 0 Å². The summed E-state index contributed by atoms with van der Waals surface area (Å²) < 4.78 is 24.5. The fourth-order valence-corrected chi connectivity index (χ4v) is 2.74. The summed E-state index contributed by atoms with van der Waals surface area (Å²) in [6, 6.07) is 4.52. The van der Waals surface area contributed by atoms with Crippen molar-refractivity contribution in [1.29, 1.82) is 0 Å². The van der Waals surface area contributed by atoms with Gasteiger partial charge >= 0.3 is 0 Å². The molecule has 2 aliphatic heterocycles. The third kappa shape index (κ3) is 2.81. The predicted molar refractivity (Wildman–Crippen MR) is 73.5 cm³/mol. The van der Waals surface area contributed by atoms with Gasteiger partial charge in [0.05, 0.1) is 32.4 Å². The van der Waals surface area contributed by atoms with Gasteiger partial charge in [-0.15, -0.1) is 0 Å². The van der Waals surface area contributed by atoms with Gasteiger partial charge in [0.15, 0.2) is 11.5 Å². The van der Waals surface area contributed by atoms with Gasteiger partial charge in [-0.1, -0.05) is 0 Å². The number of benzene rings is 1. The zero-order chi connectivity index (χ0) is 14.8. The maximum absolute atomic E-state index is 13.5. The SMILES string of the molecule is O=C(c1ccc2c(c1)OCCCO2)N1C[C@@H](F)C[C@H]1CO. The first-order valence-corrected chi connectivity index (χ1v) is 7.14. The van der Waals surface area contributed by atoms with Gasteiger partial charge in [0, 0.05) is 18.4 Å². The molecule has 1 amide bonds. The molecule has 0 bridgehead atoms. The third-order valence-corrected chi connectivity index (χ3v) is 3.83. The summed E-state index contributed by atoms with van der Waals surface area (Å²) >= 11 is 0. The van der Waals surface area contributed by atoms with Gasteiger partial charge in [0.1, 0.15) is 6.17 Å². The molecule has 1 fully saturated rings. The van der Waals surface area contributed by atoms with Crippen LogP contribution in [0.5, 0.6) is 11.5 Å². The number of amides is 1. The molecule has 0 aromatic heterocycles. The summed E-state index contributed by atoms with van der Waals surface area (Å²) in [4.78, 5) is 13.9. The molecule has 2 atom stereocenters. The van der Waals surface area contributed by atoms with Gasteiger partial charge < -0.3 is 19.5 Å². The molecule has 0 spiro atoms. The topological polar surface area (TPSA) is 59.0 Å². The van der Waals surface area contributed by atoms with E-state index in [1.54, 1.807) is 18.2 Å². The molecule has 0 saturated carbocycles. The Labute approximate surface area is 122 Å². The first-order valence-electron chi connectivity index (χ1n) is 7.14. The van der Waals surface area contributed by atoms with E-state index in [0.717, 1.165) is 6.42 Å². The number of halogens is 1. The highest BCUT2D eigenvalue weighted by atomic mass is 19.1. The number of aliphatic hydroxyl groups is 1. The van der Waals surface area contributed by atoms with Crippen LogP contribution in [0.2, 0.25) is 0 Å². The van der Waals surface area contributed by atoms with Crippen molar-refractivity contribution in [3.8, 4) is 11.5 Å². The van der Waals surface area contributed by atoms with Crippen LogP contribution in [-0.2, 0) is 0 Å². The molecule has 1 N–H and O–H groups in total. The molecular weight excluding hydrogens is 277 g/mol. The van der Waals surface area contributed by atoms with Crippen molar-refractivity contribution in [2.75, 3.05) is 26.4 Å². The number of nitrogens with zero attached hydrogens (tertiary/aromatic N) is 1. The molecule has 0 aliphatic carbocycles. The van der Waals surface area contributed by atoms with Crippen molar-refractivity contribution < 1.29 is 23.8 Å². The Kier molecular flexibility index (Phi) is 3.96. The summed E-state index contributed by atoms with van der Waals surface area (Å²) in [5, 5.41) is 9.27. The van der Waals surface area contributed by atoms with Crippen molar-refractivity contribution in [3.05, 3.63) is 23.8 Å². The minimum atomic E-state index is -1.08. The summed E-state index contributed by atoms with van der Waals surface area (Å²) in [6.07, 6.45) is -0.0981. The summed E-state index contributed by atoms with van der Waals surface area (Å²) in [7, 11) is 0. The number of fused-ring (bicyclic) bond motifs is 1. The van der Waals surface area contributed by atoms with E-state index in [2.05, 4.69) is 0 Å². The van der Waals surface area contributed by atoms with Crippen LogP contribution in [0.25, 0.3) is 0 Å². The summed E-state index contributed by atoms with van der Waals surface area (Å²) in [5.41, 5.74) is 0.423. The third-order valence-electron chi connectivity index (χ3n) is 3.83. The van der Waals surface area contributed by atoms with Crippen LogP contribution in [0.1, 0.15) is 23.2 Å². The van der Waals surface area contributed by atoms with Crippen molar-refractivity contribution in [1.82, 2.24) is 4.90 Å². The molecular formula is C15H18FNO4. The molecule has 1 aromatic carbocycles. The highest BCUT2D eigenvalue weighted by Gasteiger charge is 2.35. The lowest BCUT2D eigenvalue weighted by Crippen LogP contribution is -2.37. The van der Waals surface area contributed by atoms with Crippen LogP contribution in [-0.4, -0.2) is 54.5 Å². The maximum atomic E-state index is 13.5. The maximum Gasteiger partial charge on any atom is 0.254 e. The molecule has 5 nitrogen and oxygen atoms in total. The van der Waals surface area contributed by atoms with Gasteiger partial charge in [-0.05, 0) is 18.2 Å². The Bertz CT molecular complexity index is 536. The van der Waals surface area contributed by atoms with Gasteiger partial charge in [-0.3, -0.25) is 4.79 Å². The highest BCUT2D eigenvalue weighted by Crippen LogP contribution is 2.31. The lowest BCUT2D eigenvalue weighted by molar-refractivity contribution is 0.0672. The molecule has 2 aliphatic rings. The number of alkyl halides is 1. The smallest absolute Gasteiger partial charge is 0.254 e. The first-order chi connectivity index (χ1) is 10.2. The molecule has 2 heterocycles. The molecule has 6 heteroatoms. The normalized spacial score (nSPS) is 24.8. The number of carbonyl (C=O) groups excluding carboxylic acids is 1. The van der Waals surface area contributed by atoms with Crippen molar-refractivity contribution >= 4 is 5.91 Å². The molecule has 1 saturated heterocycles. The van der Waals surface area contributed by atoms with Gasteiger partial charge in [0.25, 0.3) is 5.91 Å². The minimum Gasteiger partial charge on any atom is -0.490 e. The van der Waals surface area contributed by atoms with E-state index in [9.17, 15) is 14.3 Å². The fraction of sp³-hybridized carbons (Fsp3) is 0.533. The molecule has 21 heavy (non-hydrogen) atoms. The van der Waals surface area contributed by atoms with E-state index < -0.39 is 12.2 Å². The zero-order valence-corrected chi connectivity index (χ0v) is 11.6. The summed E-state index contributed by atoms with van der Waals surface area (Å²) in [6.45, 7) is 0.928. The van der Waals surface area contributed by atoms with Crippen molar-refractivity contribution in [2.45, 2.75) is 25.1 Å². The standard InChI is InChI=1S/C15H18FNO4/c16-11-7-12(9-18)17(8-11)15(19)10-2-3-13-14(6-10)21-5-1-4-20-13/h2-3,6,11-12,18H,1,4-5,7-9H2/t11-,12-/m0/s1. The van der Waals surface area contributed by atoms with Crippen LogP contribution in [0.15, 0.2) is 18.2 Å². The Balaban J connectivity index is 1.83. The minimum absolute atomic E-state index is 0.0263. The number of ether oxygens (including phenoxy) is 2. The van der Waals surface area contributed by atoms with Gasteiger partial charge in [-0.25, -0.2) is 4.39 Å². The van der Waals surface area contributed by atoms with E-state index >= 15 is 0 Å². The Morgan fingerprint density at radius 1 is 1.33 bits per heavy atom. The predicted octanol–water partition coefficient (Wildman–Crippen LogP) is 1.39. The molecule has 0 radical (unpaired) electrons. The second-order valence-electron chi connectivity index (χ2n) is 5.34. The van der Waals surface area contributed by atoms with Gasteiger partial charge in [0.2, 0.25) is 0 Å². The lowest BCUT2D eigenvalue weighted by atomic mass is 10.1. The Morgan fingerprint density at radius 3 is 2.86 bits per heavy atom. The second kappa shape index (κ2) is 5.89. The average molecular weight is 295 g/mol. The molecule has 1 aromatic rings. The Hall–Kier alpha value is -1.82. The second-order valence-corrected chi connectivity index (χ2v) is 5.34. The lowest BCUT2D eigenvalue weighted by Gasteiger charge is -2.23. The first kappa shape index (κ1) is 14.1. The molecule has 3 rings (SSSR count). The van der Waals surface area contributed by atoms with Crippen LogP contribution >= 0.6 is 0 Å². The van der Waals surface area contributed by atoms with E-state index in [0.29, 0.717) is 30.3 Å². The van der Waals surface area contributed by atoms with Crippen molar-refractivity contribution in [2.24, 2.45) is 0 Å². The van der Waals surface area contributed by atoms with Crippen LogP contribution in [0.4, 0.5) is 4.39 Å². The zero-order valence-electron chi connectivity index (χ0n) is 11.6. The fourth-order valence-electron chi connectivity index (χ4n) is 2.74. The number of rotatable bonds is 2. The number of hydrogen-bond acceptors (Lipinski definition) is 4. The molecule has 114 valence electrons. The average Bonchev–Trinajstić information content (AvgIpc) is 2.72. The highest BCUT2D eigenvalue weighted by molar-refractivity contribution is 5.95. The van der Waals surface area contributed by atoms with Crippen LogP contribution in [0.3, 0.4) is 0 Å². The number of likely N-dealkylation sites (tertiary alicyclic amines) is 1. The Morgan fingerprint density at radius 2 is 2.10 bits per heavy atom. The summed E-state index contributed by atoms with van der Waals surface area (Å²) in [5.74, 6) is 0.868. The number of hydrogen-bond donors (Lipinski definition) is 1. The van der Waals surface area contributed by atoms with E-state index in [1.807, 2.05) is 0 Å². The quantitative estimate of drug-likeness (QED) is 0.896. The number of carbonyl (C=O) groups is 1. The number of aliphatic hydroxyl groups excluding tert-OH is 1. The van der Waals surface area contributed by atoms with Crippen LogP contribution < -0.4 is 9.47 Å². The van der Waals surface area contributed by atoms with Gasteiger partial charge in [-0.2, -0.15) is 0 Å². The van der Waals surface area contributed by atoms with E-state index in [-0.39, 0.29) is 25.5 Å².